The quantitative estimate of drug-likeness (QED) is 0.603. The fraction of sp³-hybridized carbons (Fsp3) is 0.647. The number of hydrogen-bond donors (Lipinski definition) is 1. The van der Waals surface area contributed by atoms with Crippen LogP contribution in [0, 0.1) is 0 Å². The Morgan fingerprint density at radius 2 is 2.29 bits per heavy atom. The monoisotopic (exact) mass is 352 g/mol. The van der Waals surface area contributed by atoms with Crippen LogP contribution in [0.5, 0.6) is 0 Å². The van der Waals surface area contributed by atoms with Crippen molar-refractivity contribution in [2.24, 2.45) is 4.99 Å². The Kier molecular flexibility index (Phi) is 6.00. The molecule has 2 aliphatic rings. The average Bonchev–Trinajstić information content (AvgIpc) is 2.58. The zero-order chi connectivity index (χ0) is 15.4. The number of ether oxygens (including phenoxy) is 1. The highest BCUT2D eigenvalue weighted by molar-refractivity contribution is 9.09. The molecule has 0 saturated carbocycles. The predicted octanol–water partition coefficient (Wildman–Crippen LogP) is 3.76. The number of nitrogens with one attached hydrogen (secondary N) is 1. The molecular formula is C17H25BrN2O. The first kappa shape index (κ1) is 16.7. The van der Waals surface area contributed by atoms with Crippen LogP contribution in [-0.2, 0) is 4.74 Å². The number of nitrogens with zero attached hydrogens (tertiary/aromatic N) is 1. The van der Waals surface area contributed by atoms with Gasteiger partial charge < -0.3 is 4.74 Å². The second-order valence-electron chi connectivity index (χ2n) is 5.84. The van der Waals surface area contributed by atoms with Crippen molar-refractivity contribution < 1.29 is 4.74 Å². The van der Waals surface area contributed by atoms with Crippen LogP contribution in [0.4, 0.5) is 0 Å². The summed E-state index contributed by atoms with van der Waals surface area (Å²) in [5.41, 5.74) is 4.67. The molecule has 0 amide bonds. The molecular weight excluding hydrogens is 328 g/mol. The van der Waals surface area contributed by atoms with Crippen LogP contribution in [0.25, 0.3) is 0 Å². The number of halogens is 1. The van der Waals surface area contributed by atoms with Crippen molar-refractivity contribution in [1.82, 2.24) is 5.32 Å². The molecule has 2 heterocycles. The third-order valence-electron chi connectivity index (χ3n) is 4.10. The zero-order valence-electron chi connectivity index (χ0n) is 13.2. The lowest BCUT2D eigenvalue weighted by atomic mass is 9.85. The molecule has 2 unspecified atom stereocenters. The van der Waals surface area contributed by atoms with Crippen LogP contribution < -0.4 is 5.32 Å². The summed E-state index contributed by atoms with van der Waals surface area (Å²) < 4.78 is 5.46. The van der Waals surface area contributed by atoms with Crippen LogP contribution in [-0.4, -0.2) is 36.6 Å². The highest BCUT2D eigenvalue weighted by Gasteiger charge is 2.34. The first-order valence-electron chi connectivity index (χ1n) is 7.68. The third kappa shape index (κ3) is 3.75. The van der Waals surface area contributed by atoms with E-state index < -0.39 is 0 Å². The van der Waals surface area contributed by atoms with Crippen LogP contribution in [0.3, 0.4) is 0 Å². The first-order chi connectivity index (χ1) is 10.1. The first-order valence-corrected chi connectivity index (χ1v) is 8.60. The smallest absolute Gasteiger partial charge is 0.0786 e. The Labute approximate surface area is 136 Å². The van der Waals surface area contributed by atoms with E-state index in [2.05, 4.69) is 40.6 Å². The number of fused-ring (bicyclic) bond motifs is 1. The summed E-state index contributed by atoms with van der Waals surface area (Å²) >= 11 is 3.71. The summed E-state index contributed by atoms with van der Waals surface area (Å²) in [5.74, 6) is 3.27. The van der Waals surface area contributed by atoms with E-state index in [9.17, 15) is 0 Å². The molecule has 2 aliphatic heterocycles. The van der Waals surface area contributed by atoms with E-state index in [1.807, 2.05) is 6.92 Å². The number of aliphatic imine (C=N–C) groups is 1. The lowest BCUT2D eigenvalue weighted by Gasteiger charge is -2.35. The molecule has 116 valence electrons. The fourth-order valence-electron chi connectivity index (χ4n) is 3.15. The molecule has 1 N–H and O–H groups in total. The topological polar surface area (TPSA) is 33.6 Å². The molecule has 0 aromatic rings. The van der Waals surface area contributed by atoms with Gasteiger partial charge in [-0.3, -0.25) is 5.32 Å². The van der Waals surface area contributed by atoms with Crippen LogP contribution in [0.2, 0.25) is 0 Å². The van der Waals surface area contributed by atoms with Crippen molar-refractivity contribution in [3.8, 4) is 0 Å². The summed E-state index contributed by atoms with van der Waals surface area (Å²) in [6.45, 7) is 8.94. The van der Waals surface area contributed by atoms with Gasteiger partial charge in [0.05, 0.1) is 23.6 Å². The van der Waals surface area contributed by atoms with Gasteiger partial charge in [-0.25, -0.2) is 4.99 Å². The number of alkyl halides is 1. The maximum atomic E-state index is 5.46. The molecule has 0 spiro atoms. The number of methoxy groups -OCH3 is 1. The minimum Gasteiger partial charge on any atom is -0.380 e. The van der Waals surface area contributed by atoms with Gasteiger partial charge in [0.15, 0.2) is 0 Å². The molecule has 0 aromatic heterocycles. The summed E-state index contributed by atoms with van der Waals surface area (Å²) in [6, 6.07) is 0.543. The maximum Gasteiger partial charge on any atom is 0.0786 e. The second-order valence-corrected chi connectivity index (χ2v) is 6.94. The van der Waals surface area contributed by atoms with Crippen molar-refractivity contribution in [2.45, 2.75) is 56.6 Å². The minimum atomic E-state index is 0.268. The van der Waals surface area contributed by atoms with Gasteiger partial charge >= 0.3 is 0 Å². The summed E-state index contributed by atoms with van der Waals surface area (Å²) in [7, 11) is 1.74. The lowest BCUT2D eigenvalue weighted by molar-refractivity contribution is 0.225. The van der Waals surface area contributed by atoms with E-state index >= 15 is 0 Å². The maximum absolute atomic E-state index is 5.46. The molecule has 3 atom stereocenters. The van der Waals surface area contributed by atoms with Crippen molar-refractivity contribution >= 4 is 21.8 Å². The van der Waals surface area contributed by atoms with Gasteiger partial charge in [-0.15, -0.1) is 0 Å². The lowest BCUT2D eigenvalue weighted by Crippen LogP contribution is -2.48. The van der Waals surface area contributed by atoms with Gasteiger partial charge in [0.25, 0.3) is 0 Å². The molecule has 0 bridgehead atoms. The average molecular weight is 353 g/mol. The second kappa shape index (κ2) is 7.55. The van der Waals surface area contributed by atoms with E-state index in [-0.39, 0.29) is 12.1 Å². The Balaban J connectivity index is 2.52. The summed E-state index contributed by atoms with van der Waals surface area (Å²) in [5, 5.41) is 3.67. The van der Waals surface area contributed by atoms with E-state index in [4.69, 9.17) is 9.73 Å². The molecule has 21 heavy (non-hydrogen) atoms. The highest BCUT2D eigenvalue weighted by Crippen LogP contribution is 2.33. The van der Waals surface area contributed by atoms with Crippen LogP contribution >= 0.6 is 15.9 Å². The van der Waals surface area contributed by atoms with Gasteiger partial charge in [-0.1, -0.05) is 35.9 Å². The summed E-state index contributed by atoms with van der Waals surface area (Å²) in [6.07, 6.45) is 4.34. The van der Waals surface area contributed by atoms with Crippen molar-refractivity contribution in [2.75, 3.05) is 13.7 Å². The standard InChI is InChI=1S/C17H25BrN2O/c1-5-6-12-14(10-21-4)13(11(2)3)9-19-15-7-8-16(18)20-17(12)15/h15-17,20H,2,5-8,10H2,1,3-4H3/t15-,16?,17?/m0/s1. The van der Waals surface area contributed by atoms with E-state index in [1.165, 1.54) is 11.1 Å². The summed E-state index contributed by atoms with van der Waals surface area (Å²) in [4.78, 5) is 5.08. The van der Waals surface area contributed by atoms with Crippen molar-refractivity contribution in [3.05, 3.63) is 28.9 Å². The molecule has 0 aliphatic carbocycles. The van der Waals surface area contributed by atoms with Crippen LogP contribution in [0.15, 0.2) is 33.9 Å². The third-order valence-corrected chi connectivity index (χ3v) is 4.83. The largest absolute Gasteiger partial charge is 0.380 e. The Hall–Kier alpha value is -0.670. The Bertz CT molecular complexity index is 503. The van der Waals surface area contributed by atoms with E-state index in [1.54, 1.807) is 7.11 Å². The molecule has 4 heteroatoms. The Morgan fingerprint density at radius 3 is 2.90 bits per heavy atom. The van der Waals surface area contributed by atoms with E-state index in [0.29, 0.717) is 11.6 Å². The number of hydrogen-bond acceptors (Lipinski definition) is 3. The van der Waals surface area contributed by atoms with Crippen LogP contribution in [0.1, 0.15) is 39.5 Å². The molecule has 0 radical (unpaired) electrons. The van der Waals surface area contributed by atoms with Gasteiger partial charge in [0, 0.05) is 12.7 Å². The number of piperidine rings is 1. The SMILES string of the molecule is C=C(C)C1=C=N[C@H]2CCC(Br)NC2C(CCC)=C1COC. The molecule has 2 rings (SSSR count). The molecule has 3 nitrogen and oxygen atoms in total. The molecule has 1 fully saturated rings. The Morgan fingerprint density at radius 1 is 1.52 bits per heavy atom. The zero-order valence-corrected chi connectivity index (χ0v) is 14.8. The molecule has 1 saturated heterocycles. The minimum absolute atomic E-state index is 0.268. The van der Waals surface area contributed by atoms with Crippen molar-refractivity contribution in [3.63, 3.8) is 0 Å². The number of rotatable bonds is 5. The predicted molar refractivity (Wildman–Crippen MR) is 92.2 cm³/mol. The number of allylic oxidation sites excluding steroid dienone is 1. The van der Waals surface area contributed by atoms with E-state index in [0.717, 1.165) is 36.8 Å². The van der Waals surface area contributed by atoms with Gasteiger partial charge in [0.2, 0.25) is 0 Å². The fourth-order valence-corrected chi connectivity index (χ4v) is 3.70. The van der Waals surface area contributed by atoms with Gasteiger partial charge in [0.1, 0.15) is 0 Å². The molecule has 0 aromatic carbocycles. The van der Waals surface area contributed by atoms with Gasteiger partial charge in [-0.2, -0.15) is 0 Å². The van der Waals surface area contributed by atoms with Crippen molar-refractivity contribution in [1.29, 1.82) is 0 Å². The normalized spacial score (nSPS) is 29.0. The highest BCUT2D eigenvalue weighted by atomic mass is 79.9. The van der Waals surface area contributed by atoms with Gasteiger partial charge in [-0.05, 0) is 48.8 Å².